The number of rotatable bonds is 6. The molecule has 2 heterocycles. The van der Waals surface area contributed by atoms with E-state index in [0.29, 0.717) is 56.9 Å². The highest BCUT2D eigenvalue weighted by molar-refractivity contribution is 6.13. The van der Waals surface area contributed by atoms with E-state index >= 15 is 0 Å². The number of amides is 3. The van der Waals surface area contributed by atoms with Crippen LogP contribution in [-0.2, 0) is 19.1 Å². The summed E-state index contributed by atoms with van der Waals surface area (Å²) in [7, 11) is 0. The summed E-state index contributed by atoms with van der Waals surface area (Å²) in [6, 6.07) is 22.8. The van der Waals surface area contributed by atoms with Crippen LogP contribution in [0.15, 0.2) is 72.8 Å². The molecule has 3 aromatic rings. The molecule has 0 spiro atoms. The maximum Gasteiger partial charge on any atom is 0.260 e. The largest absolute Gasteiger partial charge is 0.483 e. The summed E-state index contributed by atoms with van der Waals surface area (Å²) < 4.78 is 11.9. The Balaban J connectivity index is 1.08. The fourth-order valence-corrected chi connectivity index (χ4v) is 5.63. The molecule has 3 aliphatic rings. The Kier molecular flexibility index (Phi) is 6.49. The number of carbonyl (C=O) groups is 3. The topological polar surface area (TPSA) is 88.2 Å². The van der Waals surface area contributed by atoms with Gasteiger partial charge in [-0.25, -0.2) is 0 Å². The summed E-state index contributed by atoms with van der Waals surface area (Å²) in [4.78, 5) is 43.4. The molecule has 2 aliphatic heterocycles. The van der Waals surface area contributed by atoms with Gasteiger partial charge in [0.15, 0.2) is 6.61 Å². The maximum absolute atomic E-state index is 13.7. The van der Waals surface area contributed by atoms with E-state index in [4.69, 9.17) is 9.47 Å². The molecule has 3 amide bonds. The van der Waals surface area contributed by atoms with E-state index in [2.05, 4.69) is 5.32 Å². The summed E-state index contributed by atoms with van der Waals surface area (Å²) >= 11 is 0. The summed E-state index contributed by atoms with van der Waals surface area (Å²) in [6.45, 7) is 1.69. The zero-order valence-corrected chi connectivity index (χ0v) is 21.2. The van der Waals surface area contributed by atoms with E-state index in [1.807, 2.05) is 77.7 Å². The lowest BCUT2D eigenvalue weighted by Gasteiger charge is -2.47. The number of anilines is 1. The molecule has 38 heavy (non-hydrogen) atoms. The first-order valence-corrected chi connectivity index (χ1v) is 13.2. The minimum atomic E-state index is -1.00. The first kappa shape index (κ1) is 24.4. The molecular weight excluding hydrogens is 482 g/mol. The molecule has 8 heteroatoms. The Hall–Kier alpha value is -3.91. The fraction of sp³-hybridized carbons (Fsp3) is 0.367. The van der Waals surface area contributed by atoms with Gasteiger partial charge in [-0.05, 0) is 42.8 Å². The van der Waals surface area contributed by atoms with Crippen LogP contribution in [0.5, 0.6) is 5.75 Å². The lowest BCUT2D eigenvalue weighted by Crippen LogP contribution is -2.63. The molecule has 2 saturated heterocycles. The predicted molar refractivity (Wildman–Crippen MR) is 143 cm³/mol. The SMILES string of the molecule is O=C(COc1cccc2ccccc12)N1CC[C@H]2[C@@H](C1)OCCN2C(=O)C1(C(=O)Nc2ccccc2)CC1. The molecule has 6 rings (SSSR count). The number of fused-ring (bicyclic) bond motifs is 2. The molecule has 1 N–H and O–H groups in total. The molecule has 0 unspecified atom stereocenters. The quantitative estimate of drug-likeness (QED) is 0.510. The highest BCUT2D eigenvalue weighted by Crippen LogP contribution is 2.49. The molecule has 2 atom stereocenters. The Morgan fingerprint density at radius 3 is 2.53 bits per heavy atom. The highest BCUT2D eigenvalue weighted by Gasteiger charge is 2.59. The first-order chi connectivity index (χ1) is 18.5. The zero-order chi connectivity index (χ0) is 26.1. The average Bonchev–Trinajstić information content (AvgIpc) is 3.78. The third-order valence-electron chi connectivity index (χ3n) is 7.93. The first-order valence-electron chi connectivity index (χ1n) is 13.2. The molecular formula is C30H31N3O5. The fourth-order valence-electron chi connectivity index (χ4n) is 5.63. The molecule has 1 saturated carbocycles. The number of para-hydroxylation sites is 1. The van der Waals surface area contributed by atoms with Gasteiger partial charge in [-0.1, -0.05) is 54.6 Å². The van der Waals surface area contributed by atoms with Crippen molar-refractivity contribution in [3.8, 4) is 5.75 Å². The van der Waals surface area contributed by atoms with Crippen LogP contribution in [0.3, 0.4) is 0 Å². The standard InChI is InChI=1S/C30H31N3O5/c34-27(20-38-25-12-6-8-21-7-4-5-11-23(21)25)32-16-13-24-26(19-32)37-18-17-33(24)29(36)30(14-15-30)28(35)31-22-9-2-1-3-10-22/h1-12,24,26H,13-20H2,(H,31,35)/t24-,26+/m0/s1. The van der Waals surface area contributed by atoms with Gasteiger partial charge >= 0.3 is 0 Å². The van der Waals surface area contributed by atoms with Crippen LogP contribution in [0.4, 0.5) is 5.69 Å². The van der Waals surface area contributed by atoms with E-state index in [1.54, 1.807) is 4.90 Å². The molecule has 0 radical (unpaired) electrons. The van der Waals surface area contributed by atoms with E-state index < -0.39 is 5.41 Å². The molecule has 0 bridgehead atoms. The van der Waals surface area contributed by atoms with Gasteiger partial charge in [-0.15, -0.1) is 0 Å². The third kappa shape index (κ3) is 4.60. The molecule has 1 aliphatic carbocycles. The number of hydrogen-bond acceptors (Lipinski definition) is 5. The zero-order valence-electron chi connectivity index (χ0n) is 21.2. The van der Waals surface area contributed by atoms with Crippen LogP contribution in [-0.4, -0.2) is 72.5 Å². The van der Waals surface area contributed by atoms with E-state index in [0.717, 1.165) is 10.8 Å². The molecule has 0 aromatic heterocycles. The minimum absolute atomic E-state index is 0.0587. The molecule has 3 fully saturated rings. The van der Waals surface area contributed by atoms with Crippen LogP contribution in [0.2, 0.25) is 0 Å². The third-order valence-corrected chi connectivity index (χ3v) is 7.93. The summed E-state index contributed by atoms with van der Waals surface area (Å²) in [5.41, 5.74) is -0.314. The van der Waals surface area contributed by atoms with E-state index in [9.17, 15) is 14.4 Å². The van der Waals surface area contributed by atoms with Crippen LogP contribution < -0.4 is 10.1 Å². The Bertz CT molecular complexity index is 1350. The van der Waals surface area contributed by atoms with Crippen molar-refractivity contribution in [2.24, 2.45) is 5.41 Å². The number of carbonyl (C=O) groups excluding carboxylic acids is 3. The molecule has 196 valence electrons. The summed E-state index contributed by atoms with van der Waals surface area (Å²) in [5.74, 6) is 0.211. The van der Waals surface area contributed by atoms with Gasteiger partial charge in [0, 0.05) is 30.7 Å². The van der Waals surface area contributed by atoms with Crippen molar-refractivity contribution in [3.05, 3.63) is 72.8 Å². The van der Waals surface area contributed by atoms with Gasteiger partial charge in [-0.3, -0.25) is 14.4 Å². The van der Waals surface area contributed by atoms with Crippen molar-refractivity contribution in [2.75, 3.05) is 38.2 Å². The monoisotopic (exact) mass is 513 g/mol. The van der Waals surface area contributed by atoms with Gasteiger partial charge in [0.05, 0.1) is 18.8 Å². The van der Waals surface area contributed by atoms with Gasteiger partial charge in [0.1, 0.15) is 11.2 Å². The second-order valence-corrected chi connectivity index (χ2v) is 10.3. The Labute approximate surface area is 221 Å². The smallest absolute Gasteiger partial charge is 0.260 e. The number of nitrogens with zero attached hydrogens (tertiary/aromatic N) is 2. The number of likely N-dealkylation sites (tertiary alicyclic amines) is 1. The molecule has 8 nitrogen and oxygen atoms in total. The predicted octanol–water partition coefficient (Wildman–Crippen LogP) is 3.47. The van der Waals surface area contributed by atoms with E-state index in [1.165, 1.54) is 0 Å². The number of benzene rings is 3. The summed E-state index contributed by atoms with van der Waals surface area (Å²) in [5, 5.41) is 4.94. The molecule has 3 aromatic carbocycles. The Morgan fingerprint density at radius 1 is 0.947 bits per heavy atom. The number of ether oxygens (including phenoxy) is 2. The van der Waals surface area contributed by atoms with Crippen LogP contribution in [0, 0.1) is 5.41 Å². The van der Waals surface area contributed by atoms with Gasteiger partial charge in [0.2, 0.25) is 11.8 Å². The summed E-state index contributed by atoms with van der Waals surface area (Å²) in [6.07, 6.45) is 1.42. The van der Waals surface area contributed by atoms with Crippen molar-refractivity contribution in [3.63, 3.8) is 0 Å². The van der Waals surface area contributed by atoms with Crippen molar-refractivity contribution in [1.29, 1.82) is 0 Å². The second-order valence-electron chi connectivity index (χ2n) is 10.3. The van der Waals surface area contributed by atoms with Gasteiger partial charge < -0.3 is 24.6 Å². The van der Waals surface area contributed by atoms with E-state index in [-0.39, 0.29) is 36.5 Å². The van der Waals surface area contributed by atoms with Crippen molar-refractivity contribution >= 4 is 34.2 Å². The lowest BCUT2D eigenvalue weighted by molar-refractivity contribution is -0.163. The maximum atomic E-state index is 13.7. The highest BCUT2D eigenvalue weighted by atomic mass is 16.5. The van der Waals surface area contributed by atoms with Crippen molar-refractivity contribution < 1.29 is 23.9 Å². The number of morpholine rings is 1. The number of nitrogens with one attached hydrogen (secondary N) is 1. The van der Waals surface area contributed by atoms with Gasteiger partial charge in [-0.2, -0.15) is 0 Å². The Morgan fingerprint density at radius 2 is 1.71 bits per heavy atom. The average molecular weight is 514 g/mol. The van der Waals surface area contributed by atoms with Crippen LogP contribution >= 0.6 is 0 Å². The van der Waals surface area contributed by atoms with Gasteiger partial charge in [0.25, 0.3) is 5.91 Å². The van der Waals surface area contributed by atoms with Crippen LogP contribution in [0.25, 0.3) is 10.8 Å². The number of piperidine rings is 1. The lowest BCUT2D eigenvalue weighted by atomic mass is 9.94. The van der Waals surface area contributed by atoms with Crippen molar-refractivity contribution in [2.45, 2.75) is 31.4 Å². The normalized spacial score (nSPS) is 21.9. The number of hydrogen-bond donors (Lipinski definition) is 1. The van der Waals surface area contributed by atoms with Crippen molar-refractivity contribution in [1.82, 2.24) is 9.80 Å². The van der Waals surface area contributed by atoms with Crippen LogP contribution in [0.1, 0.15) is 19.3 Å². The second kappa shape index (κ2) is 10.1. The minimum Gasteiger partial charge on any atom is -0.483 e.